The van der Waals surface area contributed by atoms with Crippen LogP contribution in [0.5, 0.6) is 0 Å². The van der Waals surface area contributed by atoms with Gasteiger partial charge in [0.2, 0.25) is 0 Å². The van der Waals surface area contributed by atoms with Crippen molar-refractivity contribution < 1.29 is 17.9 Å². The fourth-order valence-corrected chi connectivity index (χ4v) is 5.48. The van der Waals surface area contributed by atoms with Crippen LogP contribution >= 0.6 is 34.5 Å². The molecule has 0 unspecified atom stereocenters. The summed E-state index contributed by atoms with van der Waals surface area (Å²) < 4.78 is 30.7. The lowest BCUT2D eigenvalue weighted by atomic mass is 10.2. The first kappa shape index (κ1) is 23.5. The topological polar surface area (TPSA) is 78.3 Å². The van der Waals surface area contributed by atoms with Crippen molar-refractivity contribution in [3.05, 3.63) is 76.5 Å². The molecule has 4 aromatic rings. The zero-order valence-corrected chi connectivity index (χ0v) is 20.7. The van der Waals surface area contributed by atoms with E-state index in [1.165, 1.54) is 17.6 Å². The Balaban J connectivity index is 1.85. The van der Waals surface area contributed by atoms with E-state index in [0.29, 0.717) is 21.6 Å². The number of hydrogen-bond acceptors (Lipinski definition) is 6. The summed E-state index contributed by atoms with van der Waals surface area (Å²) in [5, 5.41) is 0.795. The van der Waals surface area contributed by atoms with E-state index in [-0.39, 0.29) is 17.2 Å². The Bertz CT molecular complexity index is 1440. The van der Waals surface area contributed by atoms with Crippen LogP contribution in [0, 0.1) is 0 Å². The van der Waals surface area contributed by atoms with E-state index in [1.54, 1.807) is 54.1 Å². The number of aromatic nitrogens is 2. The Hall–Kier alpha value is -2.65. The Morgan fingerprint density at radius 3 is 2.39 bits per heavy atom. The van der Waals surface area contributed by atoms with E-state index in [2.05, 4.69) is 4.98 Å². The predicted octanol–water partition coefficient (Wildman–Crippen LogP) is 6.15. The van der Waals surface area contributed by atoms with E-state index < -0.39 is 15.8 Å². The standard InChI is InChI=1S/C23H18Cl2N2O4S2/c1-3-31-23(28)18-13-27(21-16(24)8-5-9-17(21)25)22(26-18)20-11-10-19(32-20)14-6-4-7-15(12-14)33(2,29)30/h4-13H,3H2,1-2H3. The molecular weight excluding hydrogens is 503 g/mol. The molecular formula is C23H18Cl2N2O4S2. The molecule has 0 bridgehead atoms. The summed E-state index contributed by atoms with van der Waals surface area (Å²) in [5.74, 6) is -0.0955. The maximum Gasteiger partial charge on any atom is 0.358 e. The normalized spacial score (nSPS) is 11.5. The number of thiophene rings is 1. The summed E-state index contributed by atoms with van der Waals surface area (Å²) in [7, 11) is -3.34. The number of nitrogens with zero attached hydrogens (tertiary/aromatic N) is 2. The van der Waals surface area contributed by atoms with E-state index in [0.717, 1.165) is 15.3 Å². The third-order valence-electron chi connectivity index (χ3n) is 4.74. The van der Waals surface area contributed by atoms with Gasteiger partial charge in [0.15, 0.2) is 21.4 Å². The predicted molar refractivity (Wildman–Crippen MR) is 131 cm³/mol. The third kappa shape index (κ3) is 4.84. The molecule has 0 aliphatic rings. The van der Waals surface area contributed by atoms with Crippen molar-refractivity contribution in [1.82, 2.24) is 9.55 Å². The van der Waals surface area contributed by atoms with Gasteiger partial charge in [-0.1, -0.05) is 41.4 Å². The first-order valence-corrected chi connectivity index (χ1v) is 13.3. The van der Waals surface area contributed by atoms with Gasteiger partial charge in [-0.05, 0) is 48.9 Å². The molecule has 2 heterocycles. The molecule has 6 nitrogen and oxygen atoms in total. The first-order chi connectivity index (χ1) is 15.7. The number of carbonyl (C=O) groups excluding carboxylic acids is 1. The number of benzene rings is 2. The van der Waals surface area contributed by atoms with Crippen molar-refractivity contribution in [3.63, 3.8) is 0 Å². The van der Waals surface area contributed by atoms with Gasteiger partial charge in [-0.2, -0.15) is 0 Å². The lowest BCUT2D eigenvalue weighted by Gasteiger charge is -2.10. The Labute approximate surface area is 205 Å². The molecule has 0 radical (unpaired) electrons. The highest BCUT2D eigenvalue weighted by atomic mass is 35.5. The van der Waals surface area contributed by atoms with Crippen molar-refractivity contribution in [3.8, 4) is 26.8 Å². The molecule has 0 aliphatic heterocycles. The van der Waals surface area contributed by atoms with Gasteiger partial charge in [-0.3, -0.25) is 4.57 Å². The van der Waals surface area contributed by atoms with Gasteiger partial charge in [0.05, 0.1) is 32.1 Å². The molecule has 170 valence electrons. The van der Waals surface area contributed by atoms with Crippen molar-refractivity contribution in [2.45, 2.75) is 11.8 Å². The van der Waals surface area contributed by atoms with Crippen molar-refractivity contribution in [2.75, 3.05) is 12.9 Å². The summed E-state index contributed by atoms with van der Waals surface area (Å²) in [4.78, 5) is 18.7. The number of ether oxygens (including phenoxy) is 1. The van der Waals surface area contributed by atoms with Crippen LogP contribution in [0.1, 0.15) is 17.4 Å². The summed E-state index contributed by atoms with van der Waals surface area (Å²) in [6.45, 7) is 1.94. The highest BCUT2D eigenvalue weighted by Crippen LogP contribution is 2.38. The second kappa shape index (κ2) is 9.30. The molecule has 0 fully saturated rings. The van der Waals surface area contributed by atoms with Crippen LogP contribution < -0.4 is 0 Å². The summed E-state index contributed by atoms with van der Waals surface area (Å²) in [6, 6.07) is 15.6. The molecule has 0 N–H and O–H groups in total. The molecule has 0 amide bonds. The van der Waals surface area contributed by atoms with E-state index in [9.17, 15) is 13.2 Å². The smallest absolute Gasteiger partial charge is 0.358 e. The monoisotopic (exact) mass is 520 g/mol. The number of esters is 1. The van der Waals surface area contributed by atoms with Crippen LogP contribution in [0.15, 0.2) is 65.7 Å². The van der Waals surface area contributed by atoms with Crippen molar-refractivity contribution in [2.24, 2.45) is 0 Å². The van der Waals surface area contributed by atoms with Crippen molar-refractivity contribution in [1.29, 1.82) is 0 Å². The van der Waals surface area contributed by atoms with Gasteiger partial charge >= 0.3 is 5.97 Å². The Morgan fingerprint density at radius 2 is 1.73 bits per heavy atom. The Morgan fingerprint density at radius 1 is 1.06 bits per heavy atom. The minimum absolute atomic E-state index is 0.122. The van der Waals surface area contributed by atoms with Crippen LogP contribution in [0.2, 0.25) is 10.0 Å². The van der Waals surface area contributed by atoms with Crippen LogP contribution in [0.25, 0.3) is 26.8 Å². The second-order valence-electron chi connectivity index (χ2n) is 7.07. The average molecular weight is 521 g/mol. The highest BCUT2D eigenvalue weighted by Gasteiger charge is 2.22. The maximum absolute atomic E-state index is 12.4. The summed E-state index contributed by atoms with van der Waals surface area (Å²) >= 11 is 14.3. The van der Waals surface area contributed by atoms with Crippen LogP contribution in [-0.2, 0) is 14.6 Å². The lowest BCUT2D eigenvalue weighted by Crippen LogP contribution is -2.04. The number of rotatable bonds is 6. The molecule has 0 aliphatic carbocycles. The second-order valence-corrected chi connectivity index (χ2v) is 11.0. The molecule has 0 atom stereocenters. The largest absolute Gasteiger partial charge is 0.461 e. The van der Waals surface area contributed by atoms with Gasteiger partial charge in [-0.15, -0.1) is 11.3 Å². The van der Waals surface area contributed by atoms with Gasteiger partial charge in [0.25, 0.3) is 0 Å². The third-order valence-corrected chi connectivity index (χ3v) is 7.59. The molecule has 10 heteroatoms. The number of imidazole rings is 1. The zero-order chi connectivity index (χ0) is 23.8. The zero-order valence-electron chi connectivity index (χ0n) is 17.6. The van der Waals surface area contributed by atoms with Crippen LogP contribution in [0.3, 0.4) is 0 Å². The average Bonchev–Trinajstić information content (AvgIpc) is 3.41. The Kier molecular flexibility index (Phi) is 6.63. The molecule has 33 heavy (non-hydrogen) atoms. The number of sulfone groups is 1. The molecule has 2 aromatic heterocycles. The quantitative estimate of drug-likeness (QED) is 0.284. The molecule has 0 spiro atoms. The van der Waals surface area contributed by atoms with E-state index >= 15 is 0 Å². The van der Waals surface area contributed by atoms with Gasteiger partial charge < -0.3 is 4.74 Å². The maximum atomic E-state index is 12.4. The van der Waals surface area contributed by atoms with E-state index in [1.807, 2.05) is 18.2 Å². The van der Waals surface area contributed by atoms with Crippen molar-refractivity contribution >= 4 is 50.3 Å². The highest BCUT2D eigenvalue weighted by molar-refractivity contribution is 7.90. The van der Waals surface area contributed by atoms with Crippen LogP contribution in [-0.4, -0.2) is 36.8 Å². The van der Waals surface area contributed by atoms with Crippen LogP contribution in [0.4, 0.5) is 0 Å². The number of hydrogen-bond donors (Lipinski definition) is 0. The number of carbonyl (C=O) groups is 1. The van der Waals surface area contributed by atoms with Gasteiger partial charge in [0.1, 0.15) is 0 Å². The molecule has 4 rings (SSSR count). The first-order valence-electron chi connectivity index (χ1n) is 9.80. The summed E-state index contributed by atoms with van der Waals surface area (Å²) in [6.07, 6.45) is 2.72. The SMILES string of the molecule is CCOC(=O)c1cn(-c2c(Cl)cccc2Cl)c(-c2ccc(-c3cccc(S(C)(=O)=O)c3)s2)n1. The minimum Gasteiger partial charge on any atom is -0.461 e. The molecule has 2 aromatic carbocycles. The summed E-state index contributed by atoms with van der Waals surface area (Å²) in [5.41, 5.74) is 1.37. The van der Waals surface area contributed by atoms with E-state index in [4.69, 9.17) is 27.9 Å². The molecule has 0 saturated heterocycles. The number of halogens is 2. The fraction of sp³-hybridized carbons (Fsp3) is 0.130. The van der Waals surface area contributed by atoms with Gasteiger partial charge in [0, 0.05) is 17.3 Å². The fourth-order valence-electron chi connectivity index (χ4n) is 3.24. The van der Waals surface area contributed by atoms with Gasteiger partial charge in [-0.25, -0.2) is 18.2 Å². The molecule has 0 saturated carbocycles. The number of para-hydroxylation sites is 1. The lowest BCUT2D eigenvalue weighted by molar-refractivity contribution is 0.0520. The minimum atomic E-state index is -3.34.